The Morgan fingerprint density at radius 3 is 2.70 bits per heavy atom. The molecular weight excluding hydrogens is 362 g/mol. The summed E-state index contributed by atoms with van der Waals surface area (Å²) in [6.07, 6.45) is 1.63. The van der Waals surface area contributed by atoms with Crippen LogP contribution in [0.25, 0.3) is 5.65 Å². The minimum Gasteiger partial charge on any atom is -0.456 e. The van der Waals surface area contributed by atoms with E-state index in [0.717, 1.165) is 4.47 Å². The number of benzene rings is 1. The maximum absolute atomic E-state index is 12.1. The lowest BCUT2D eigenvalue weighted by atomic mass is 10.2. The molecule has 23 heavy (non-hydrogen) atoms. The summed E-state index contributed by atoms with van der Waals surface area (Å²) in [4.78, 5) is 28.3. The number of anilines is 1. The average Bonchev–Trinajstić information content (AvgIpc) is 2.54. The minimum absolute atomic E-state index is 0.0784. The van der Waals surface area contributed by atoms with Crippen LogP contribution < -0.4 is 11.3 Å². The maximum atomic E-state index is 12.1. The lowest BCUT2D eigenvalue weighted by Crippen LogP contribution is -2.16. The molecule has 0 aliphatic heterocycles. The number of rotatable bonds is 3. The second kappa shape index (κ2) is 6.21. The highest BCUT2D eigenvalue weighted by molar-refractivity contribution is 9.10. The number of nitrogen functional groups attached to an aromatic ring is 1. The second-order valence-corrected chi connectivity index (χ2v) is 5.78. The fourth-order valence-electron chi connectivity index (χ4n) is 2.04. The monoisotopic (exact) mass is 373 g/mol. The molecule has 3 aromatic rings. The van der Waals surface area contributed by atoms with Crippen LogP contribution in [0.15, 0.2) is 57.9 Å². The fraction of sp³-hybridized carbons (Fsp3) is 0.0625. The van der Waals surface area contributed by atoms with Gasteiger partial charge >= 0.3 is 5.97 Å². The van der Waals surface area contributed by atoms with E-state index in [4.69, 9.17) is 10.5 Å². The van der Waals surface area contributed by atoms with Gasteiger partial charge in [0.25, 0.3) is 5.56 Å². The Morgan fingerprint density at radius 2 is 1.96 bits per heavy atom. The molecule has 2 aromatic heterocycles. The molecule has 0 atom stereocenters. The van der Waals surface area contributed by atoms with Crippen molar-refractivity contribution in [1.29, 1.82) is 0 Å². The van der Waals surface area contributed by atoms with Gasteiger partial charge in [-0.15, -0.1) is 0 Å². The first-order chi connectivity index (χ1) is 11.0. The molecule has 0 saturated heterocycles. The predicted octanol–water partition coefficient (Wildman–Crippen LogP) is 2.40. The Balaban J connectivity index is 1.79. The average molecular weight is 374 g/mol. The summed E-state index contributed by atoms with van der Waals surface area (Å²) in [5.41, 5.74) is 7.16. The van der Waals surface area contributed by atoms with Gasteiger partial charge < -0.3 is 10.5 Å². The van der Waals surface area contributed by atoms with Gasteiger partial charge in [-0.1, -0.05) is 0 Å². The zero-order chi connectivity index (χ0) is 16.4. The van der Waals surface area contributed by atoms with Crippen LogP contribution in [0.3, 0.4) is 0 Å². The molecule has 3 rings (SSSR count). The molecule has 7 heteroatoms. The number of ether oxygens (including phenoxy) is 1. The third kappa shape index (κ3) is 3.40. The van der Waals surface area contributed by atoms with E-state index in [1.807, 2.05) is 0 Å². The number of nitrogens with zero attached hydrogens (tertiary/aromatic N) is 2. The van der Waals surface area contributed by atoms with Crippen LogP contribution in [-0.2, 0) is 11.3 Å². The van der Waals surface area contributed by atoms with Crippen molar-refractivity contribution in [3.05, 3.63) is 74.7 Å². The normalized spacial score (nSPS) is 10.7. The van der Waals surface area contributed by atoms with E-state index >= 15 is 0 Å². The molecule has 1 aromatic carbocycles. The molecule has 0 unspecified atom stereocenters. The molecule has 0 fully saturated rings. The molecule has 0 aliphatic rings. The predicted molar refractivity (Wildman–Crippen MR) is 89.1 cm³/mol. The van der Waals surface area contributed by atoms with Crippen LogP contribution in [0.2, 0.25) is 0 Å². The number of carbonyl (C=O) groups excluding carboxylic acids is 1. The number of aromatic nitrogens is 2. The summed E-state index contributed by atoms with van der Waals surface area (Å²) in [7, 11) is 0. The van der Waals surface area contributed by atoms with Gasteiger partial charge in [0.1, 0.15) is 12.3 Å². The number of hydrogen-bond donors (Lipinski definition) is 1. The molecule has 2 N–H and O–H groups in total. The van der Waals surface area contributed by atoms with Crippen molar-refractivity contribution in [1.82, 2.24) is 9.38 Å². The van der Waals surface area contributed by atoms with Crippen molar-refractivity contribution < 1.29 is 9.53 Å². The third-order valence-electron chi connectivity index (χ3n) is 3.17. The Morgan fingerprint density at radius 1 is 1.22 bits per heavy atom. The number of fused-ring (bicyclic) bond motifs is 1. The van der Waals surface area contributed by atoms with Gasteiger partial charge in [0.05, 0.1) is 11.3 Å². The van der Waals surface area contributed by atoms with Crippen LogP contribution in [0.1, 0.15) is 16.1 Å². The van der Waals surface area contributed by atoms with Crippen molar-refractivity contribution in [2.45, 2.75) is 6.61 Å². The van der Waals surface area contributed by atoms with Gasteiger partial charge in [-0.05, 0) is 52.3 Å². The second-order valence-electron chi connectivity index (χ2n) is 4.86. The molecule has 0 saturated carbocycles. The van der Waals surface area contributed by atoms with Crippen molar-refractivity contribution in [3.8, 4) is 0 Å². The number of nitrogens with two attached hydrogens (primary N) is 1. The highest BCUT2D eigenvalue weighted by Crippen LogP contribution is 2.11. The van der Waals surface area contributed by atoms with Crippen LogP contribution in [-0.4, -0.2) is 15.4 Å². The topological polar surface area (TPSA) is 86.7 Å². The van der Waals surface area contributed by atoms with Gasteiger partial charge in [-0.3, -0.25) is 9.20 Å². The Kier molecular flexibility index (Phi) is 4.12. The van der Waals surface area contributed by atoms with E-state index in [2.05, 4.69) is 20.9 Å². The van der Waals surface area contributed by atoms with Gasteiger partial charge in [0.15, 0.2) is 0 Å². The number of hydrogen-bond acceptors (Lipinski definition) is 5. The highest BCUT2D eigenvalue weighted by Gasteiger charge is 2.09. The lowest BCUT2D eigenvalue weighted by molar-refractivity contribution is 0.0468. The Bertz CT molecular complexity index is 935. The molecule has 116 valence electrons. The van der Waals surface area contributed by atoms with Crippen molar-refractivity contribution >= 4 is 33.2 Å². The maximum Gasteiger partial charge on any atom is 0.338 e. The summed E-state index contributed by atoms with van der Waals surface area (Å²) >= 11 is 3.30. The van der Waals surface area contributed by atoms with Crippen LogP contribution >= 0.6 is 15.9 Å². The molecule has 0 amide bonds. The van der Waals surface area contributed by atoms with E-state index in [-0.39, 0.29) is 12.2 Å². The number of halogens is 1. The van der Waals surface area contributed by atoms with Crippen molar-refractivity contribution in [2.24, 2.45) is 0 Å². The van der Waals surface area contributed by atoms with Gasteiger partial charge in [0.2, 0.25) is 0 Å². The van der Waals surface area contributed by atoms with Crippen LogP contribution in [0.4, 0.5) is 5.69 Å². The molecule has 0 spiro atoms. The van der Waals surface area contributed by atoms with E-state index < -0.39 is 5.97 Å². The van der Waals surface area contributed by atoms with Gasteiger partial charge in [-0.2, -0.15) is 0 Å². The summed E-state index contributed by atoms with van der Waals surface area (Å²) in [6, 6.07) is 11.2. The van der Waals surface area contributed by atoms with Gasteiger partial charge in [-0.25, -0.2) is 9.78 Å². The lowest BCUT2D eigenvalue weighted by Gasteiger charge is -2.06. The quantitative estimate of drug-likeness (QED) is 0.562. The highest BCUT2D eigenvalue weighted by atomic mass is 79.9. The van der Waals surface area contributed by atoms with Crippen LogP contribution in [0.5, 0.6) is 0 Å². The fourth-order valence-corrected chi connectivity index (χ4v) is 2.38. The summed E-state index contributed by atoms with van der Waals surface area (Å²) in [5, 5.41) is 0. The van der Waals surface area contributed by atoms with Crippen molar-refractivity contribution in [3.63, 3.8) is 0 Å². The molecule has 0 aliphatic carbocycles. The molecule has 0 radical (unpaired) electrons. The zero-order valence-electron chi connectivity index (χ0n) is 11.9. The summed E-state index contributed by atoms with van der Waals surface area (Å²) in [5.74, 6) is -0.497. The van der Waals surface area contributed by atoms with Crippen molar-refractivity contribution in [2.75, 3.05) is 5.73 Å². The Labute approximate surface area is 139 Å². The SMILES string of the molecule is Nc1ccc(C(=O)OCc2cc(=O)n3cc(Br)ccc3n2)cc1. The summed E-state index contributed by atoms with van der Waals surface area (Å²) < 4.78 is 7.37. The van der Waals surface area contributed by atoms with E-state index in [9.17, 15) is 9.59 Å². The molecule has 0 bridgehead atoms. The Hall–Kier alpha value is -2.67. The summed E-state index contributed by atoms with van der Waals surface area (Å²) in [6.45, 7) is -0.0784. The molecule has 2 heterocycles. The van der Waals surface area contributed by atoms with Gasteiger partial charge in [0, 0.05) is 22.4 Å². The first-order valence-electron chi connectivity index (χ1n) is 6.73. The number of pyridine rings is 1. The third-order valence-corrected chi connectivity index (χ3v) is 3.64. The molecular formula is C16H12BrN3O3. The minimum atomic E-state index is -0.497. The first-order valence-corrected chi connectivity index (χ1v) is 7.53. The smallest absolute Gasteiger partial charge is 0.338 e. The zero-order valence-corrected chi connectivity index (χ0v) is 13.5. The van der Waals surface area contributed by atoms with E-state index in [1.54, 1.807) is 42.6 Å². The van der Waals surface area contributed by atoms with E-state index in [0.29, 0.717) is 22.6 Å². The first kappa shape index (κ1) is 15.2. The largest absolute Gasteiger partial charge is 0.456 e. The van der Waals surface area contributed by atoms with E-state index in [1.165, 1.54) is 10.5 Å². The number of esters is 1. The van der Waals surface area contributed by atoms with Crippen LogP contribution in [0, 0.1) is 0 Å². The standard InChI is InChI=1S/C16H12BrN3O3/c17-11-3-6-14-19-13(7-15(21)20(14)8-11)9-23-16(22)10-1-4-12(18)5-2-10/h1-8H,9,18H2. The molecule has 6 nitrogen and oxygen atoms in total. The number of carbonyl (C=O) groups is 1.